The maximum absolute atomic E-state index is 13.6. The number of halogens is 2. The van der Waals surface area contributed by atoms with Gasteiger partial charge in [0.05, 0.1) is 12.6 Å². The van der Waals surface area contributed by atoms with Gasteiger partial charge in [0.2, 0.25) is 0 Å². The average molecular weight is 290 g/mol. The summed E-state index contributed by atoms with van der Waals surface area (Å²) in [5.41, 5.74) is 0.506. The van der Waals surface area contributed by atoms with Crippen LogP contribution < -0.4 is 5.32 Å². The molecule has 0 heterocycles. The van der Waals surface area contributed by atoms with Crippen molar-refractivity contribution in [3.05, 3.63) is 34.1 Å². The number of aliphatic hydroxyl groups is 1. The van der Waals surface area contributed by atoms with Crippen molar-refractivity contribution in [1.82, 2.24) is 5.32 Å². The second-order valence-electron chi connectivity index (χ2n) is 4.20. The Morgan fingerprint density at radius 3 is 2.62 bits per heavy atom. The molecular weight excluding hydrogens is 273 g/mol. The largest absolute Gasteiger partial charge is 0.394 e. The molecule has 1 unspecified atom stereocenters. The molecule has 0 amide bonds. The van der Waals surface area contributed by atoms with Gasteiger partial charge >= 0.3 is 0 Å². The van der Waals surface area contributed by atoms with E-state index < -0.39 is 0 Å². The van der Waals surface area contributed by atoms with Crippen molar-refractivity contribution in [2.75, 3.05) is 13.2 Å². The third kappa shape index (κ3) is 3.85. The Morgan fingerprint density at radius 1 is 1.44 bits per heavy atom. The van der Waals surface area contributed by atoms with Crippen molar-refractivity contribution in [2.24, 2.45) is 5.92 Å². The fraction of sp³-hybridized carbons (Fsp3) is 0.500. The van der Waals surface area contributed by atoms with Gasteiger partial charge in [-0.2, -0.15) is 0 Å². The number of rotatable bonds is 5. The van der Waals surface area contributed by atoms with Crippen molar-refractivity contribution in [3.8, 4) is 0 Å². The van der Waals surface area contributed by atoms with Crippen molar-refractivity contribution in [2.45, 2.75) is 19.9 Å². The molecule has 16 heavy (non-hydrogen) atoms. The molecule has 0 aromatic heterocycles. The molecular formula is C12H17BrFNO. The van der Waals surface area contributed by atoms with Crippen LogP contribution in [0.2, 0.25) is 0 Å². The standard InChI is InChI=1S/C12H17BrFNO/c1-8(2)6-15-12(7-16)10-4-3-9(13)5-11(10)14/h3-5,8,12,15-16H,6-7H2,1-2H3. The zero-order chi connectivity index (χ0) is 12.1. The summed E-state index contributed by atoms with van der Waals surface area (Å²) in [7, 11) is 0. The zero-order valence-electron chi connectivity index (χ0n) is 9.50. The summed E-state index contributed by atoms with van der Waals surface area (Å²) in [5.74, 6) is 0.164. The first-order chi connectivity index (χ1) is 7.54. The van der Waals surface area contributed by atoms with Crippen molar-refractivity contribution in [1.29, 1.82) is 0 Å². The summed E-state index contributed by atoms with van der Waals surface area (Å²) in [6.07, 6.45) is 0. The van der Waals surface area contributed by atoms with Crippen LogP contribution >= 0.6 is 15.9 Å². The second-order valence-corrected chi connectivity index (χ2v) is 5.12. The van der Waals surface area contributed by atoms with Gasteiger partial charge in [-0.05, 0) is 24.6 Å². The number of benzene rings is 1. The molecule has 1 aromatic rings. The van der Waals surface area contributed by atoms with E-state index in [4.69, 9.17) is 0 Å². The molecule has 0 aliphatic rings. The molecule has 1 atom stereocenters. The Hall–Kier alpha value is -0.450. The van der Waals surface area contributed by atoms with Crippen LogP contribution in [0.4, 0.5) is 4.39 Å². The minimum atomic E-state index is -0.338. The van der Waals surface area contributed by atoms with Gasteiger partial charge in [-0.15, -0.1) is 0 Å². The second kappa shape index (κ2) is 6.33. The first-order valence-electron chi connectivity index (χ1n) is 5.33. The van der Waals surface area contributed by atoms with Gasteiger partial charge in [0.1, 0.15) is 5.82 Å². The highest BCUT2D eigenvalue weighted by Crippen LogP contribution is 2.21. The third-order valence-corrected chi connectivity index (χ3v) is 2.79. The Balaban J connectivity index is 2.78. The predicted molar refractivity (Wildman–Crippen MR) is 66.8 cm³/mol. The molecule has 2 nitrogen and oxygen atoms in total. The minimum absolute atomic E-state index is 0.106. The summed E-state index contributed by atoms with van der Waals surface area (Å²) < 4.78 is 14.3. The van der Waals surface area contributed by atoms with Crippen LogP contribution in [0.1, 0.15) is 25.5 Å². The lowest BCUT2D eigenvalue weighted by Gasteiger charge is -2.18. The molecule has 0 bridgehead atoms. The summed E-state index contributed by atoms with van der Waals surface area (Å²) in [4.78, 5) is 0. The third-order valence-electron chi connectivity index (χ3n) is 2.29. The molecule has 90 valence electrons. The van der Waals surface area contributed by atoms with Crippen LogP contribution in [0.3, 0.4) is 0 Å². The average Bonchev–Trinajstić information content (AvgIpc) is 2.21. The number of hydrogen-bond acceptors (Lipinski definition) is 2. The summed E-state index contributed by atoms with van der Waals surface area (Å²) in [6.45, 7) is 4.78. The fourth-order valence-corrected chi connectivity index (χ4v) is 1.77. The topological polar surface area (TPSA) is 32.3 Å². The van der Waals surface area contributed by atoms with E-state index in [1.54, 1.807) is 12.1 Å². The lowest BCUT2D eigenvalue weighted by atomic mass is 10.1. The molecule has 2 N–H and O–H groups in total. The lowest BCUT2D eigenvalue weighted by molar-refractivity contribution is 0.238. The van der Waals surface area contributed by atoms with Gasteiger partial charge in [-0.1, -0.05) is 35.8 Å². The van der Waals surface area contributed by atoms with E-state index in [1.165, 1.54) is 6.07 Å². The SMILES string of the molecule is CC(C)CNC(CO)c1ccc(Br)cc1F. The molecule has 1 rings (SSSR count). The van der Waals surface area contributed by atoms with Crippen LogP contribution in [0.5, 0.6) is 0 Å². The quantitative estimate of drug-likeness (QED) is 0.874. The van der Waals surface area contributed by atoms with Crippen molar-refractivity contribution >= 4 is 15.9 Å². The molecule has 4 heteroatoms. The molecule has 0 fully saturated rings. The minimum Gasteiger partial charge on any atom is -0.394 e. The molecule has 1 aromatic carbocycles. The highest BCUT2D eigenvalue weighted by atomic mass is 79.9. The van der Waals surface area contributed by atoms with E-state index in [-0.39, 0.29) is 18.5 Å². The lowest BCUT2D eigenvalue weighted by Crippen LogP contribution is -2.28. The summed E-state index contributed by atoms with van der Waals surface area (Å²) in [6, 6.07) is 4.54. The maximum Gasteiger partial charge on any atom is 0.129 e. The predicted octanol–water partition coefficient (Wildman–Crippen LogP) is 2.87. The Kier molecular flexibility index (Phi) is 5.38. The highest BCUT2D eigenvalue weighted by molar-refractivity contribution is 9.10. The van der Waals surface area contributed by atoms with Crippen LogP contribution in [-0.2, 0) is 0 Å². The number of aliphatic hydroxyl groups excluding tert-OH is 1. The summed E-state index contributed by atoms with van der Waals surface area (Å²) >= 11 is 3.21. The molecule has 0 spiro atoms. The van der Waals surface area contributed by atoms with E-state index in [9.17, 15) is 9.50 Å². The monoisotopic (exact) mass is 289 g/mol. The first-order valence-corrected chi connectivity index (χ1v) is 6.13. The van der Waals surface area contributed by atoms with Gasteiger partial charge in [0.25, 0.3) is 0 Å². The molecule has 0 radical (unpaired) electrons. The van der Waals surface area contributed by atoms with Crippen LogP contribution in [0.15, 0.2) is 22.7 Å². The Morgan fingerprint density at radius 2 is 2.12 bits per heavy atom. The smallest absolute Gasteiger partial charge is 0.129 e. The Labute approximate surface area is 104 Å². The van der Waals surface area contributed by atoms with E-state index in [1.807, 2.05) is 0 Å². The zero-order valence-corrected chi connectivity index (χ0v) is 11.1. The number of hydrogen-bond donors (Lipinski definition) is 2. The molecule has 0 aliphatic heterocycles. The van der Waals surface area contributed by atoms with Crippen LogP contribution in [0.25, 0.3) is 0 Å². The van der Waals surface area contributed by atoms with E-state index in [0.29, 0.717) is 16.0 Å². The van der Waals surface area contributed by atoms with Gasteiger partial charge in [0.15, 0.2) is 0 Å². The molecule has 0 saturated heterocycles. The van der Waals surface area contributed by atoms with Crippen molar-refractivity contribution < 1.29 is 9.50 Å². The molecule has 0 aliphatic carbocycles. The van der Waals surface area contributed by atoms with E-state index >= 15 is 0 Å². The van der Waals surface area contributed by atoms with Gasteiger partial charge < -0.3 is 10.4 Å². The fourth-order valence-electron chi connectivity index (χ4n) is 1.43. The first kappa shape index (κ1) is 13.6. The van der Waals surface area contributed by atoms with Gasteiger partial charge in [0, 0.05) is 10.0 Å². The summed E-state index contributed by atoms with van der Waals surface area (Å²) in [5, 5.41) is 12.4. The number of nitrogens with one attached hydrogen (secondary N) is 1. The van der Waals surface area contributed by atoms with Gasteiger partial charge in [-0.3, -0.25) is 0 Å². The van der Waals surface area contributed by atoms with Crippen molar-refractivity contribution in [3.63, 3.8) is 0 Å². The molecule has 0 saturated carbocycles. The maximum atomic E-state index is 13.6. The Bertz CT molecular complexity index is 344. The van der Waals surface area contributed by atoms with E-state index in [2.05, 4.69) is 35.1 Å². The van der Waals surface area contributed by atoms with Crippen LogP contribution in [0, 0.1) is 11.7 Å². The van der Waals surface area contributed by atoms with E-state index in [0.717, 1.165) is 6.54 Å². The normalized spacial score (nSPS) is 13.1. The highest BCUT2D eigenvalue weighted by Gasteiger charge is 2.14. The van der Waals surface area contributed by atoms with Crippen LogP contribution in [-0.4, -0.2) is 18.3 Å². The van der Waals surface area contributed by atoms with Gasteiger partial charge in [-0.25, -0.2) is 4.39 Å².